The molecule has 0 spiro atoms. The molecule has 0 aromatic heterocycles. The van der Waals surface area contributed by atoms with Crippen LogP contribution in [0.3, 0.4) is 0 Å². The van der Waals surface area contributed by atoms with Crippen molar-refractivity contribution >= 4 is 29.8 Å². The predicted molar refractivity (Wildman–Crippen MR) is 40.5 cm³/mol. The van der Waals surface area contributed by atoms with Crippen LogP contribution >= 0.6 is 0 Å². The smallest absolute Gasteiger partial charge is 0 e. The van der Waals surface area contributed by atoms with E-state index in [1.807, 2.05) is 13.8 Å². The van der Waals surface area contributed by atoms with Crippen LogP contribution in [0.4, 0.5) is 0 Å². The average Bonchev–Trinajstić information content (AvgIpc) is 1.63. The van der Waals surface area contributed by atoms with Crippen LogP contribution in [0.1, 0.15) is 13.8 Å². The van der Waals surface area contributed by atoms with Gasteiger partial charge in [0.1, 0.15) is 0 Å². The van der Waals surface area contributed by atoms with E-state index in [4.69, 9.17) is 20.5 Å². The van der Waals surface area contributed by atoms with E-state index in [0.717, 1.165) is 5.71 Å². The summed E-state index contributed by atoms with van der Waals surface area (Å²) in [6.45, 7) is 4.00. The first-order chi connectivity index (χ1) is 4.73. The number of hydrogen-bond acceptors (Lipinski definition) is 4. The van der Waals surface area contributed by atoms with Crippen molar-refractivity contribution in [1.82, 2.24) is 0 Å². The maximum absolute atomic E-state index is 9.39. The fraction of sp³-hybridized carbons (Fsp3) is 1.00. The van der Waals surface area contributed by atoms with Gasteiger partial charge in [-0.05, 0) is 0 Å². The molecule has 9 heteroatoms. The fourth-order valence-corrected chi connectivity index (χ4v) is 0. The van der Waals surface area contributed by atoms with Crippen LogP contribution in [-0.2, 0) is 20.5 Å². The molecule has 0 atom stereocenters. The Balaban J connectivity index is -0.0000000419. The second-order valence-electron chi connectivity index (χ2n) is 1.10. The van der Waals surface area contributed by atoms with Gasteiger partial charge in [0.25, 0.3) is 0 Å². The first kappa shape index (κ1) is 23.2. The summed E-state index contributed by atoms with van der Waals surface area (Å²) < 4.78 is 46.7. The summed E-state index contributed by atoms with van der Waals surface area (Å²) in [6.07, 6.45) is 0. The first-order valence-electron chi connectivity index (χ1n) is 2.63. The number of hydrogen-bond donors (Lipinski definition) is 5. The van der Waals surface area contributed by atoms with Gasteiger partial charge >= 0.3 is 59.8 Å². The van der Waals surface area contributed by atoms with Crippen molar-refractivity contribution in [2.75, 3.05) is 0 Å². The molecule has 0 amide bonds. The molecule has 81 valence electrons. The summed E-state index contributed by atoms with van der Waals surface area (Å²) in [5.41, 5.74) is 0.915. The third-order valence-electron chi connectivity index (χ3n) is 0. The molecular weight excluding hydrogens is 341 g/mol. The quantitative estimate of drug-likeness (QED) is 0.319. The molecule has 0 bridgehead atoms. The van der Waals surface area contributed by atoms with E-state index in [-0.39, 0.29) is 16.8 Å². The molecule has 0 saturated heterocycles. The van der Waals surface area contributed by atoms with Gasteiger partial charge in [0, 0.05) is 16.8 Å². The van der Waals surface area contributed by atoms with Crippen molar-refractivity contribution < 1.29 is 41.0 Å². The van der Waals surface area contributed by atoms with Crippen molar-refractivity contribution in [1.29, 1.82) is 0 Å². The molecule has 1 radical (unpaired) electrons. The second-order valence-corrected chi connectivity index (χ2v) is 5.73. The maximum Gasteiger partial charge on any atom is 0 e. The van der Waals surface area contributed by atoms with E-state index in [9.17, 15) is 3.74 Å². The van der Waals surface area contributed by atoms with Crippen LogP contribution in [0.15, 0.2) is 0 Å². The summed E-state index contributed by atoms with van der Waals surface area (Å²) in [7, 11) is 0. The molecule has 0 heterocycles. The minimum absolute atomic E-state index is 0. The van der Waals surface area contributed by atoms with Crippen molar-refractivity contribution in [2.24, 2.45) is 0 Å². The molecule has 5 N–H and O–H groups in total. The van der Waals surface area contributed by atoms with Gasteiger partial charge in [0.2, 0.25) is 0 Å². The van der Waals surface area contributed by atoms with Gasteiger partial charge in [-0.1, -0.05) is 13.8 Å². The second kappa shape index (κ2) is 14.7. The summed E-state index contributed by atoms with van der Waals surface area (Å²) in [5.74, 6) is 0. The zero-order valence-corrected chi connectivity index (χ0v) is 11.7. The normalized spacial score (nSPS) is 8.42. The van der Waals surface area contributed by atoms with Gasteiger partial charge in [-0.3, -0.25) is 0 Å². The van der Waals surface area contributed by atoms with E-state index in [1.165, 1.54) is 0 Å². The molecule has 0 aliphatic heterocycles. The Morgan fingerprint density at radius 1 is 1.08 bits per heavy atom. The minimum atomic E-state index is -4.12. The molecule has 0 saturated carbocycles. The van der Waals surface area contributed by atoms with Crippen LogP contribution in [0.5, 0.6) is 0 Å². The Kier molecular flexibility index (Phi) is 28.5. The summed E-state index contributed by atoms with van der Waals surface area (Å²) in [5, 5.41) is 0. The topological polar surface area (TPSA) is 118 Å². The van der Waals surface area contributed by atoms with Crippen molar-refractivity contribution in [3.8, 4) is 0 Å². The van der Waals surface area contributed by atoms with E-state index in [1.54, 1.807) is 0 Å². The molecule has 0 fully saturated rings. The zero-order chi connectivity index (χ0) is 10.1. The van der Waals surface area contributed by atoms with Gasteiger partial charge in [-0.15, -0.1) is 0 Å². The van der Waals surface area contributed by atoms with Gasteiger partial charge in [-0.25, -0.2) is 0 Å². The Labute approximate surface area is 90.1 Å². The molecule has 6 nitrogen and oxygen atoms in total. The van der Waals surface area contributed by atoms with Crippen molar-refractivity contribution in [3.05, 3.63) is 0 Å². The van der Waals surface area contributed by atoms with E-state index < -0.39 is 29.8 Å². The largest absolute Gasteiger partial charge is 0 e. The summed E-state index contributed by atoms with van der Waals surface area (Å²) >= 11 is -7.31. The van der Waals surface area contributed by atoms with E-state index >= 15 is 0 Å². The molecule has 12 heavy (non-hydrogen) atoms. The van der Waals surface area contributed by atoms with Gasteiger partial charge < -0.3 is 0 Å². The summed E-state index contributed by atoms with van der Waals surface area (Å²) in [6, 6.07) is 0. The molecular formula is C3H14As2CoO6. The van der Waals surface area contributed by atoms with Crippen molar-refractivity contribution in [2.45, 2.75) is 19.6 Å². The predicted octanol–water partition coefficient (Wildman–Crippen LogP) is -2.06. The Hall–Kier alpha value is 1.22. The van der Waals surface area contributed by atoms with Crippen molar-refractivity contribution in [3.63, 3.8) is 0 Å². The van der Waals surface area contributed by atoms with Crippen LogP contribution in [0.2, 0.25) is 5.71 Å². The standard InChI is InChI=1S/C2H6.CH5AsO3.AsH3O3.Co/c1-2;1-2(3,4)5;2-1(3)4;/h1-2H3;1H3,(H2,3,4,5);2-4H;. The molecule has 0 aromatic rings. The fourth-order valence-electron chi connectivity index (χ4n) is 0. The van der Waals surface area contributed by atoms with Crippen LogP contribution in [0.25, 0.3) is 0 Å². The summed E-state index contributed by atoms with van der Waals surface area (Å²) in [4.78, 5) is 0. The van der Waals surface area contributed by atoms with Crippen LogP contribution in [0, 0.1) is 0 Å². The Bertz CT molecular complexity index is 91.9. The maximum atomic E-state index is 9.39. The SMILES string of the molecule is CC.C[As](=O)(O)O.O[As](O)O.[Co]. The van der Waals surface area contributed by atoms with E-state index in [0.29, 0.717) is 0 Å². The number of rotatable bonds is 0. The minimum Gasteiger partial charge on any atom is 0 e. The zero-order valence-electron chi connectivity index (χ0n) is 6.87. The third-order valence-corrected chi connectivity index (χ3v) is 0. The van der Waals surface area contributed by atoms with E-state index in [2.05, 4.69) is 0 Å². The van der Waals surface area contributed by atoms with Gasteiger partial charge in [0.15, 0.2) is 0 Å². The molecule has 0 rings (SSSR count). The van der Waals surface area contributed by atoms with Gasteiger partial charge in [0.05, 0.1) is 0 Å². The van der Waals surface area contributed by atoms with Crippen LogP contribution < -0.4 is 0 Å². The molecule has 0 aliphatic rings. The van der Waals surface area contributed by atoms with Gasteiger partial charge in [-0.2, -0.15) is 0 Å². The van der Waals surface area contributed by atoms with Crippen LogP contribution in [-0.4, -0.2) is 50.3 Å². The Morgan fingerprint density at radius 3 is 1.08 bits per heavy atom. The first-order valence-corrected chi connectivity index (χ1v) is 9.47. The monoisotopic (exact) mass is 355 g/mol. The molecule has 0 unspecified atom stereocenters. The molecule has 0 aliphatic carbocycles. The Morgan fingerprint density at radius 2 is 1.08 bits per heavy atom. The average molecular weight is 355 g/mol. The molecule has 0 aromatic carbocycles. The third kappa shape index (κ3) is 784.